The van der Waals surface area contributed by atoms with Crippen LogP contribution in [0.5, 0.6) is 5.75 Å². The summed E-state index contributed by atoms with van der Waals surface area (Å²) in [6.07, 6.45) is 0.341. The van der Waals surface area contributed by atoms with Gasteiger partial charge in [0.1, 0.15) is 11.4 Å². The van der Waals surface area contributed by atoms with E-state index < -0.39 is 0 Å². The molecule has 0 spiro atoms. The molecule has 3 aromatic rings. The number of hydrogen-bond acceptors (Lipinski definition) is 4. The monoisotopic (exact) mass is 425 g/mol. The molecule has 2 aromatic carbocycles. The average Bonchev–Trinajstić information content (AvgIpc) is 2.94. The summed E-state index contributed by atoms with van der Waals surface area (Å²) in [5.41, 5.74) is 2.75. The van der Waals surface area contributed by atoms with E-state index in [1.165, 1.54) is 5.56 Å². The van der Waals surface area contributed by atoms with Gasteiger partial charge < -0.3 is 10.1 Å². The van der Waals surface area contributed by atoms with Crippen LogP contribution in [0.2, 0.25) is 0 Å². The van der Waals surface area contributed by atoms with Gasteiger partial charge in [0.15, 0.2) is 0 Å². The molecule has 0 bridgehead atoms. The number of aryl methyl sites for hydroxylation is 1. The third-order valence-electron chi connectivity index (χ3n) is 4.78. The summed E-state index contributed by atoms with van der Waals surface area (Å²) in [5, 5.41) is 2.79. The fourth-order valence-electron chi connectivity index (χ4n) is 3.10. The van der Waals surface area contributed by atoms with Gasteiger partial charge in [-0.05, 0) is 43.7 Å². The Balaban J connectivity index is 1.48. The normalized spacial score (nSPS) is 10.8. The summed E-state index contributed by atoms with van der Waals surface area (Å²) >= 11 is 1.65. The fraction of sp³-hybridized carbons (Fsp3) is 0.304. The van der Waals surface area contributed by atoms with Crippen LogP contribution in [0.1, 0.15) is 17.7 Å². The summed E-state index contributed by atoms with van der Waals surface area (Å²) in [4.78, 5) is 25.2. The Morgan fingerprint density at radius 3 is 2.57 bits per heavy atom. The molecule has 0 unspecified atom stereocenters. The third kappa shape index (κ3) is 5.36. The van der Waals surface area contributed by atoms with E-state index >= 15 is 0 Å². The van der Waals surface area contributed by atoms with Crippen molar-refractivity contribution >= 4 is 23.4 Å². The highest BCUT2D eigenvalue weighted by Crippen LogP contribution is 2.15. The lowest BCUT2D eigenvalue weighted by atomic mass is 10.2. The van der Waals surface area contributed by atoms with E-state index in [0.29, 0.717) is 24.5 Å². The topological polar surface area (TPSA) is 65.3 Å². The van der Waals surface area contributed by atoms with Crippen molar-refractivity contribution < 1.29 is 9.53 Å². The molecule has 6 nitrogen and oxygen atoms in total. The molecule has 1 amide bonds. The molecule has 158 valence electrons. The molecule has 0 atom stereocenters. The number of ether oxygens (including phenoxy) is 1. The van der Waals surface area contributed by atoms with E-state index in [2.05, 4.69) is 5.32 Å². The molecule has 7 heteroatoms. The molecule has 0 saturated carbocycles. The Bertz CT molecular complexity index is 1060. The van der Waals surface area contributed by atoms with Crippen molar-refractivity contribution in [2.45, 2.75) is 20.3 Å². The number of anilines is 1. The zero-order chi connectivity index (χ0) is 21.5. The molecule has 1 heterocycles. The van der Waals surface area contributed by atoms with Crippen molar-refractivity contribution in [1.82, 2.24) is 9.36 Å². The maximum Gasteiger partial charge on any atom is 0.295 e. The van der Waals surface area contributed by atoms with Crippen molar-refractivity contribution in [3.05, 3.63) is 76.2 Å². The van der Waals surface area contributed by atoms with Crippen LogP contribution in [-0.4, -0.2) is 33.4 Å². The second-order valence-corrected chi connectivity index (χ2v) is 8.24. The number of benzene rings is 2. The third-order valence-corrected chi connectivity index (χ3v) is 5.73. The van der Waals surface area contributed by atoms with Crippen LogP contribution in [0.25, 0.3) is 5.69 Å². The summed E-state index contributed by atoms with van der Waals surface area (Å²) in [5.74, 6) is 2.17. The number of hydrogen-bond donors (Lipinski definition) is 1. The molecule has 0 aliphatic rings. The molecule has 0 saturated heterocycles. The van der Waals surface area contributed by atoms with Gasteiger partial charge in [-0.3, -0.25) is 14.3 Å². The standard InChI is InChI=1S/C23H27N3O3S/c1-17-8-7-11-20(16-17)29-13-15-30-14-12-21(27)24-22-18(2)25(3)26(23(22)28)19-9-5-4-6-10-19/h4-11,16H,12-15H2,1-3H3,(H,24,27). The molecule has 1 aromatic heterocycles. The van der Waals surface area contributed by atoms with E-state index in [1.807, 2.05) is 75.5 Å². The van der Waals surface area contributed by atoms with Gasteiger partial charge in [-0.1, -0.05) is 30.3 Å². The first-order valence-electron chi connectivity index (χ1n) is 9.88. The van der Waals surface area contributed by atoms with Gasteiger partial charge in [0, 0.05) is 25.0 Å². The van der Waals surface area contributed by atoms with E-state index in [9.17, 15) is 9.59 Å². The molecule has 0 aliphatic heterocycles. The minimum absolute atomic E-state index is 0.159. The maximum atomic E-state index is 12.8. The van der Waals surface area contributed by atoms with Crippen LogP contribution in [0.15, 0.2) is 59.4 Å². The zero-order valence-corrected chi connectivity index (χ0v) is 18.4. The van der Waals surface area contributed by atoms with Gasteiger partial charge >= 0.3 is 0 Å². The van der Waals surface area contributed by atoms with Gasteiger partial charge in [-0.15, -0.1) is 0 Å². The van der Waals surface area contributed by atoms with E-state index in [1.54, 1.807) is 21.1 Å². The summed E-state index contributed by atoms with van der Waals surface area (Å²) in [6, 6.07) is 17.3. The van der Waals surface area contributed by atoms with Crippen LogP contribution in [0.4, 0.5) is 5.69 Å². The molecular formula is C23H27N3O3S. The molecule has 0 radical (unpaired) electrons. The second-order valence-electron chi connectivity index (χ2n) is 7.01. The van der Waals surface area contributed by atoms with E-state index in [0.717, 1.165) is 22.9 Å². The minimum atomic E-state index is -0.228. The maximum absolute atomic E-state index is 12.8. The van der Waals surface area contributed by atoms with Gasteiger partial charge in [-0.25, -0.2) is 4.68 Å². The second kappa shape index (κ2) is 10.2. The van der Waals surface area contributed by atoms with Crippen LogP contribution >= 0.6 is 11.8 Å². The molecule has 1 N–H and O–H groups in total. The fourth-order valence-corrected chi connectivity index (χ4v) is 3.84. The average molecular weight is 426 g/mol. The largest absolute Gasteiger partial charge is 0.493 e. The number of amides is 1. The Kier molecular flexibility index (Phi) is 7.41. The van der Waals surface area contributed by atoms with Crippen molar-refractivity contribution in [3.63, 3.8) is 0 Å². The van der Waals surface area contributed by atoms with Crippen molar-refractivity contribution in [2.24, 2.45) is 7.05 Å². The lowest BCUT2D eigenvalue weighted by molar-refractivity contribution is -0.115. The van der Waals surface area contributed by atoms with Gasteiger partial charge in [-0.2, -0.15) is 11.8 Å². The van der Waals surface area contributed by atoms with Crippen molar-refractivity contribution in [1.29, 1.82) is 0 Å². The predicted molar refractivity (Wildman–Crippen MR) is 123 cm³/mol. The molecule has 0 fully saturated rings. The molecule has 30 heavy (non-hydrogen) atoms. The molecule has 0 aliphatic carbocycles. The van der Waals surface area contributed by atoms with E-state index in [4.69, 9.17) is 4.74 Å². The first kappa shape index (κ1) is 21.8. The highest BCUT2D eigenvalue weighted by molar-refractivity contribution is 7.99. The number of nitrogens with zero attached hydrogens (tertiary/aromatic N) is 2. The summed E-state index contributed by atoms with van der Waals surface area (Å²) in [6.45, 7) is 4.45. The quantitative estimate of drug-likeness (QED) is 0.528. The predicted octanol–water partition coefficient (Wildman–Crippen LogP) is 3.93. The lowest BCUT2D eigenvalue weighted by Gasteiger charge is -2.07. The smallest absolute Gasteiger partial charge is 0.295 e. The molecular weight excluding hydrogens is 398 g/mol. The SMILES string of the molecule is Cc1cccc(OCCSCCC(=O)Nc2c(C)n(C)n(-c3ccccc3)c2=O)c1. The van der Waals surface area contributed by atoms with E-state index in [-0.39, 0.29) is 11.5 Å². The van der Waals surface area contributed by atoms with Crippen LogP contribution < -0.4 is 15.6 Å². The Hall–Kier alpha value is -2.93. The lowest BCUT2D eigenvalue weighted by Crippen LogP contribution is -2.23. The first-order valence-corrected chi connectivity index (χ1v) is 11.0. The number of rotatable bonds is 9. The number of carbonyl (C=O) groups excluding carboxylic acids is 1. The van der Waals surface area contributed by atoms with Crippen LogP contribution in [0.3, 0.4) is 0 Å². The first-order chi connectivity index (χ1) is 14.5. The number of thioether (sulfide) groups is 1. The Labute approximate surface area is 180 Å². The number of nitrogens with one attached hydrogen (secondary N) is 1. The number of carbonyl (C=O) groups is 1. The summed E-state index contributed by atoms with van der Waals surface area (Å²) < 4.78 is 9.02. The summed E-state index contributed by atoms with van der Waals surface area (Å²) in [7, 11) is 1.81. The van der Waals surface area contributed by atoms with Gasteiger partial charge in [0.2, 0.25) is 5.91 Å². The zero-order valence-electron chi connectivity index (χ0n) is 17.6. The number of para-hydroxylation sites is 1. The van der Waals surface area contributed by atoms with Crippen molar-refractivity contribution in [3.8, 4) is 11.4 Å². The highest BCUT2D eigenvalue weighted by Gasteiger charge is 2.17. The van der Waals surface area contributed by atoms with Crippen molar-refractivity contribution in [2.75, 3.05) is 23.4 Å². The minimum Gasteiger partial charge on any atom is -0.493 e. The van der Waals surface area contributed by atoms with Crippen LogP contribution in [0, 0.1) is 13.8 Å². The van der Waals surface area contributed by atoms with Crippen LogP contribution in [-0.2, 0) is 11.8 Å². The molecule has 3 rings (SSSR count). The van der Waals surface area contributed by atoms with Gasteiger partial charge in [0.25, 0.3) is 5.56 Å². The Morgan fingerprint density at radius 2 is 1.83 bits per heavy atom. The Morgan fingerprint density at radius 1 is 1.07 bits per heavy atom. The van der Waals surface area contributed by atoms with Gasteiger partial charge in [0.05, 0.1) is 18.0 Å². The highest BCUT2D eigenvalue weighted by atomic mass is 32.2. The number of aromatic nitrogens is 2.